The molecule has 1 N–H and O–H groups in total. The fourth-order valence-electron chi connectivity index (χ4n) is 3.83. The van der Waals surface area contributed by atoms with Crippen molar-refractivity contribution in [3.05, 3.63) is 53.7 Å². The second kappa shape index (κ2) is 8.58. The first kappa shape index (κ1) is 20.4. The van der Waals surface area contributed by atoms with Crippen LogP contribution in [-0.4, -0.2) is 36.1 Å². The van der Waals surface area contributed by atoms with E-state index in [1.807, 2.05) is 24.3 Å². The van der Waals surface area contributed by atoms with E-state index in [-0.39, 0.29) is 17.6 Å². The van der Waals surface area contributed by atoms with Gasteiger partial charge in [-0.1, -0.05) is 12.1 Å². The number of nitrogens with zero attached hydrogens (tertiary/aromatic N) is 3. The van der Waals surface area contributed by atoms with Gasteiger partial charge in [0, 0.05) is 30.0 Å². The quantitative estimate of drug-likeness (QED) is 0.461. The Morgan fingerprint density at radius 2 is 2.03 bits per heavy atom. The second-order valence-corrected chi connectivity index (χ2v) is 8.46. The lowest BCUT2D eigenvalue weighted by atomic mass is 9.96. The number of anilines is 2. The minimum atomic E-state index is -0.450. The number of methoxy groups -OCH3 is 1. The lowest BCUT2D eigenvalue weighted by Crippen LogP contribution is -2.38. The van der Waals surface area contributed by atoms with Crippen LogP contribution in [0.4, 0.5) is 15.5 Å². The zero-order chi connectivity index (χ0) is 22.1. The molecule has 1 amide bonds. The van der Waals surface area contributed by atoms with Gasteiger partial charge in [0.1, 0.15) is 5.52 Å². The van der Waals surface area contributed by atoms with Crippen molar-refractivity contribution in [2.45, 2.75) is 12.8 Å². The van der Waals surface area contributed by atoms with Crippen molar-refractivity contribution in [1.82, 2.24) is 9.97 Å². The van der Waals surface area contributed by atoms with Crippen LogP contribution in [-0.2, 0) is 4.79 Å². The highest BCUT2D eigenvalue weighted by molar-refractivity contribution is 7.14. The molecule has 3 heterocycles. The van der Waals surface area contributed by atoms with Crippen molar-refractivity contribution < 1.29 is 18.3 Å². The van der Waals surface area contributed by atoms with Gasteiger partial charge in [-0.05, 0) is 43.2 Å². The summed E-state index contributed by atoms with van der Waals surface area (Å²) in [5.41, 5.74) is 2.83. The van der Waals surface area contributed by atoms with E-state index in [0.717, 1.165) is 11.1 Å². The molecule has 0 aliphatic carbocycles. The summed E-state index contributed by atoms with van der Waals surface area (Å²) < 4.78 is 24.8. The monoisotopic (exact) mass is 452 g/mol. The van der Waals surface area contributed by atoms with Gasteiger partial charge in [0.15, 0.2) is 22.3 Å². The highest BCUT2D eigenvalue weighted by Crippen LogP contribution is 2.30. The Labute approximate surface area is 187 Å². The third-order valence-electron chi connectivity index (χ3n) is 5.60. The average molecular weight is 453 g/mol. The van der Waals surface area contributed by atoms with Gasteiger partial charge in [-0.3, -0.25) is 4.79 Å². The van der Waals surface area contributed by atoms with E-state index in [0.29, 0.717) is 48.3 Å². The minimum Gasteiger partial charge on any atom is -0.494 e. The molecule has 2 aromatic carbocycles. The Bertz CT molecular complexity index is 1230. The first-order valence-electron chi connectivity index (χ1n) is 10.3. The molecule has 1 aliphatic rings. The molecule has 1 aliphatic heterocycles. The number of benzene rings is 2. The predicted molar refractivity (Wildman–Crippen MR) is 122 cm³/mol. The lowest BCUT2D eigenvalue weighted by molar-refractivity contribution is -0.120. The highest BCUT2D eigenvalue weighted by atomic mass is 32.1. The number of amides is 1. The lowest BCUT2D eigenvalue weighted by Gasteiger charge is -2.29. The number of ether oxygens (including phenoxy) is 1. The van der Waals surface area contributed by atoms with Gasteiger partial charge < -0.3 is 19.4 Å². The number of piperidine rings is 1. The van der Waals surface area contributed by atoms with Crippen molar-refractivity contribution in [3.8, 4) is 17.0 Å². The standard InChI is InChI=1S/C23H21FN4O3S/c1-30-19-7-6-15(12-16(19)24)18-13-32-22(25-18)27-21(29)14-8-10-28(11-9-14)23-26-17-4-2-3-5-20(17)31-23/h2-7,12-14H,8-11H2,1H3,(H,25,27,29). The third kappa shape index (κ3) is 4.03. The van der Waals surface area contributed by atoms with Crippen molar-refractivity contribution in [2.75, 3.05) is 30.4 Å². The summed E-state index contributed by atoms with van der Waals surface area (Å²) in [7, 11) is 1.42. The normalized spacial score (nSPS) is 14.6. The molecule has 0 spiro atoms. The largest absolute Gasteiger partial charge is 0.494 e. The van der Waals surface area contributed by atoms with Crippen LogP contribution in [0.1, 0.15) is 12.8 Å². The Morgan fingerprint density at radius 1 is 1.22 bits per heavy atom. The zero-order valence-corrected chi connectivity index (χ0v) is 18.2. The van der Waals surface area contributed by atoms with Gasteiger partial charge in [0.25, 0.3) is 6.01 Å². The molecule has 4 aromatic rings. The predicted octanol–water partition coefficient (Wildman–Crippen LogP) is 4.95. The van der Waals surface area contributed by atoms with Crippen LogP contribution in [0.5, 0.6) is 5.75 Å². The molecule has 5 rings (SSSR count). The Morgan fingerprint density at radius 3 is 2.78 bits per heavy atom. The van der Waals surface area contributed by atoms with Gasteiger partial charge in [0.2, 0.25) is 5.91 Å². The summed E-state index contributed by atoms with van der Waals surface area (Å²) in [6.07, 6.45) is 1.40. The summed E-state index contributed by atoms with van der Waals surface area (Å²) in [6.45, 7) is 1.39. The topological polar surface area (TPSA) is 80.5 Å². The molecule has 9 heteroatoms. The van der Waals surface area contributed by atoms with Crippen LogP contribution in [0.15, 0.2) is 52.3 Å². The van der Waals surface area contributed by atoms with Crippen molar-refractivity contribution in [3.63, 3.8) is 0 Å². The number of carbonyl (C=O) groups excluding carboxylic acids is 1. The first-order chi connectivity index (χ1) is 15.6. The van der Waals surface area contributed by atoms with Crippen LogP contribution in [0, 0.1) is 11.7 Å². The molecule has 7 nitrogen and oxygen atoms in total. The molecule has 0 radical (unpaired) electrons. The summed E-state index contributed by atoms with van der Waals surface area (Å²) in [5.74, 6) is -0.429. The maximum atomic E-state index is 14.0. The van der Waals surface area contributed by atoms with Crippen LogP contribution in [0.2, 0.25) is 0 Å². The van der Waals surface area contributed by atoms with E-state index >= 15 is 0 Å². The molecule has 0 bridgehead atoms. The Balaban J connectivity index is 1.20. The van der Waals surface area contributed by atoms with Crippen LogP contribution in [0.25, 0.3) is 22.4 Å². The molecule has 32 heavy (non-hydrogen) atoms. The van der Waals surface area contributed by atoms with Gasteiger partial charge in [-0.25, -0.2) is 9.37 Å². The second-order valence-electron chi connectivity index (χ2n) is 7.60. The van der Waals surface area contributed by atoms with Crippen molar-refractivity contribution in [1.29, 1.82) is 0 Å². The van der Waals surface area contributed by atoms with E-state index in [1.54, 1.807) is 17.5 Å². The number of para-hydroxylation sites is 2. The molecule has 2 aromatic heterocycles. The third-order valence-corrected chi connectivity index (χ3v) is 6.36. The number of hydrogen-bond donors (Lipinski definition) is 1. The number of hydrogen-bond acceptors (Lipinski definition) is 7. The maximum absolute atomic E-state index is 14.0. The summed E-state index contributed by atoms with van der Waals surface area (Å²) >= 11 is 1.32. The first-order valence-corrected chi connectivity index (χ1v) is 11.2. The Hall–Kier alpha value is -3.46. The molecule has 0 atom stereocenters. The van der Waals surface area contributed by atoms with Crippen LogP contribution >= 0.6 is 11.3 Å². The molecule has 1 fully saturated rings. The molecule has 0 unspecified atom stereocenters. The van der Waals surface area contributed by atoms with Crippen molar-refractivity contribution in [2.24, 2.45) is 5.92 Å². The average Bonchev–Trinajstić information content (AvgIpc) is 3.46. The number of oxazole rings is 1. The summed E-state index contributed by atoms with van der Waals surface area (Å²) in [4.78, 5) is 23.8. The smallest absolute Gasteiger partial charge is 0.298 e. The van der Waals surface area contributed by atoms with Gasteiger partial charge in [-0.2, -0.15) is 4.98 Å². The fraction of sp³-hybridized carbons (Fsp3) is 0.261. The number of aromatic nitrogens is 2. The SMILES string of the molecule is COc1ccc(-c2csc(NC(=O)C3CCN(c4nc5ccccc5o4)CC3)n2)cc1F. The minimum absolute atomic E-state index is 0.0518. The number of fused-ring (bicyclic) bond motifs is 1. The van der Waals surface area contributed by atoms with E-state index in [4.69, 9.17) is 9.15 Å². The van der Waals surface area contributed by atoms with Crippen molar-refractivity contribution >= 4 is 39.5 Å². The van der Waals surface area contributed by atoms with E-state index < -0.39 is 5.82 Å². The zero-order valence-electron chi connectivity index (χ0n) is 17.4. The van der Waals surface area contributed by atoms with Gasteiger partial charge in [-0.15, -0.1) is 11.3 Å². The molecular weight excluding hydrogens is 431 g/mol. The van der Waals surface area contributed by atoms with Gasteiger partial charge >= 0.3 is 0 Å². The van der Waals surface area contributed by atoms with E-state index in [9.17, 15) is 9.18 Å². The number of nitrogens with one attached hydrogen (secondary N) is 1. The molecule has 1 saturated heterocycles. The van der Waals surface area contributed by atoms with Crippen LogP contribution in [0.3, 0.4) is 0 Å². The van der Waals surface area contributed by atoms with E-state index in [2.05, 4.69) is 20.2 Å². The van der Waals surface area contributed by atoms with Gasteiger partial charge in [0.05, 0.1) is 12.8 Å². The number of carbonyl (C=O) groups is 1. The molecule has 164 valence electrons. The summed E-state index contributed by atoms with van der Waals surface area (Å²) in [6, 6.07) is 12.9. The Kier molecular flexibility index (Phi) is 5.48. The fourth-order valence-corrected chi connectivity index (χ4v) is 4.55. The van der Waals surface area contributed by atoms with E-state index in [1.165, 1.54) is 24.5 Å². The highest BCUT2D eigenvalue weighted by Gasteiger charge is 2.27. The molecule has 0 saturated carbocycles. The number of rotatable bonds is 5. The number of halogens is 1. The summed E-state index contributed by atoms with van der Waals surface area (Å²) in [5, 5.41) is 5.21. The van der Waals surface area contributed by atoms with Crippen LogP contribution < -0.4 is 15.0 Å². The number of thiazole rings is 1. The molecular formula is C23H21FN4O3S. The maximum Gasteiger partial charge on any atom is 0.298 e.